The van der Waals surface area contributed by atoms with E-state index in [9.17, 15) is 4.79 Å². The van der Waals surface area contributed by atoms with Gasteiger partial charge in [0.2, 0.25) is 5.91 Å². The fourth-order valence-corrected chi connectivity index (χ4v) is 3.31. The molecular weight excluding hydrogens is 298 g/mol. The second-order valence-corrected chi connectivity index (χ2v) is 6.61. The summed E-state index contributed by atoms with van der Waals surface area (Å²) in [6.45, 7) is 9.91. The first-order valence-corrected chi connectivity index (χ1v) is 8.88. The Kier molecular flexibility index (Phi) is 5.48. The van der Waals surface area contributed by atoms with Gasteiger partial charge < -0.3 is 10.2 Å². The first-order valence-electron chi connectivity index (χ1n) is 8.88. The van der Waals surface area contributed by atoms with E-state index in [-0.39, 0.29) is 11.9 Å². The Labute approximate surface area is 144 Å². The average molecular weight is 325 g/mol. The van der Waals surface area contributed by atoms with Crippen LogP contribution in [0.25, 0.3) is 10.8 Å². The lowest BCUT2D eigenvalue weighted by Gasteiger charge is -2.33. The zero-order valence-electron chi connectivity index (χ0n) is 14.7. The summed E-state index contributed by atoms with van der Waals surface area (Å²) < 4.78 is 0. The summed E-state index contributed by atoms with van der Waals surface area (Å²) in [6, 6.07) is 14.7. The quantitative estimate of drug-likeness (QED) is 0.918. The van der Waals surface area contributed by atoms with E-state index >= 15 is 0 Å². The van der Waals surface area contributed by atoms with Crippen molar-refractivity contribution < 1.29 is 4.79 Å². The topological polar surface area (TPSA) is 35.6 Å². The van der Waals surface area contributed by atoms with Gasteiger partial charge in [0, 0.05) is 26.2 Å². The summed E-state index contributed by atoms with van der Waals surface area (Å²) >= 11 is 0. The summed E-state index contributed by atoms with van der Waals surface area (Å²) in [7, 11) is 0. The lowest BCUT2D eigenvalue weighted by Crippen LogP contribution is -2.49. The van der Waals surface area contributed by atoms with Crippen LogP contribution in [0.1, 0.15) is 25.5 Å². The fourth-order valence-electron chi connectivity index (χ4n) is 3.31. The average Bonchev–Trinajstić information content (AvgIpc) is 2.61. The van der Waals surface area contributed by atoms with Gasteiger partial charge in [-0.05, 0) is 35.9 Å². The standard InChI is InChI=1S/C20H27N3O/c1-3-22-10-12-23(13-11-22)15-20(24)21-16(2)18-9-8-17-6-4-5-7-19(17)14-18/h4-9,14,16H,3,10-13,15H2,1-2H3,(H,21,24). The van der Waals surface area contributed by atoms with Gasteiger partial charge in [0.1, 0.15) is 0 Å². The minimum absolute atomic E-state index is 0.0269. The SMILES string of the molecule is CCN1CCN(CC(=O)NC(C)c2ccc3ccccc3c2)CC1. The van der Waals surface area contributed by atoms with Gasteiger partial charge in [-0.2, -0.15) is 0 Å². The molecule has 1 amide bonds. The molecule has 4 nitrogen and oxygen atoms in total. The maximum atomic E-state index is 12.3. The Morgan fingerprint density at radius 1 is 1.04 bits per heavy atom. The maximum Gasteiger partial charge on any atom is 0.234 e. The number of nitrogens with zero attached hydrogens (tertiary/aromatic N) is 2. The van der Waals surface area contributed by atoms with Crippen LogP contribution < -0.4 is 5.32 Å². The van der Waals surface area contributed by atoms with Crippen molar-refractivity contribution in [2.45, 2.75) is 19.9 Å². The smallest absolute Gasteiger partial charge is 0.234 e. The summed E-state index contributed by atoms with van der Waals surface area (Å²) in [5, 5.41) is 5.58. The van der Waals surface area contributed by atoms with Crippen molar-refractivity contribution in [2.75, 3.05) is 39.3 Å². The van der Waals surface area contributed by atoms with Crippen molar-refractivity contribution in [3.05, 3.63) is 48.0 Å². The number of benzene rings is 2. The van der Waals surface area contributed by atoms with E-state index in [2.05, 4.69) is 59.3 Å². The molecule has 24 heavy (non-hydrogen) atoms. The molecule has 128 valence electrons. The van der Waals surface area contributed by atoms with Crippen LogP contribution in [0.5, 0.6) is 0 Å². The third-order valence-electron chi connectivity index (χ3n) is 4.93. The van der Waals surface area contributed by atoms with Gasteiger partial charge in [-0.3, -0.25) is 9.69 Å². The number of hydrogen-bond acceptors (Lipinski definition) is 3. The Balaban J connectivity index is 1.55. The molecule has 3 rings (SSSR count). The first-order chi connectivity index (χ1) is 11.7. The molecule has 0 aromatic heterocycles. The van der Waals surface area contributed by atoms with Crippen LogP contribution in [-0.4, -0.2) is 55.0 Å². The van der Waals surface area contributed by atoms with E-state index in [1.807, 2.05) is 12.1 Å². The number of carbonyl (C=O) groups excluding carboxylic acids is 1. The molecule has 0 radical (unpaired) electrons. The van der Waals surface area contributed by atoms with E-state index in [1.165, 1.54) is 10.8 Å². The molecule has 1 aliphatic rings. The molecule has 1 fully saturated rings. The molecule has 1 N–H and O–H groups in total. The Bertz CT molecular complexity index is 692. The molecule has 1 heterocycles. The molecule has 1 atom stereocenters. The molecule has 2 aromatic carbocycles. The monoisotopic (exact) mass is 325 g/mol. The van der Waals surface area contributed by atoms with E-state index in [4.69, 9.17) is 0 Å². The number of amides is 1. The number of carbonyl (C=O) groups is 1. The number of likely N-dealkylation sites (N-methyl/N-ethyl adjacent to an activating group) is 1. The molecular formula is C20H27N3O. The molecule has 1 unspecified atom stereocenters. The fraction of sp³-hybridized carbons (Fsp3) is 0.450. The second kappa shape index (κ2) is 7.77. The minimum Gasteiger partial charge on any atom is -0.348 e. The molecule has 0 saturated carbocycles. The number of fused-ring (bicyclic) bond motifs is 1. The van der Waals surface area contributed by atoms with Gasteiger partial charge in [0.05, 0.1) is 12.6 Å². The van der Waals surface area contributed by atoms with Gasteiger partial charge in [-0.15, -0.1) is 0 Å². The van der Waals surface area contributed by atoms with Gasteiger partial charge in [-0.25, -0.2) is 0 Å². The van der Waals surface area contributed by atoms with E-state index < -0.39 is 0 Å². The van der Waals surface area contributed by atoms with Crippen LogP contribution in [-0.2, 0) is 4.79 Å². The Hall–Kier alpha value is -1.91. The highest BCUT2D eigenvalue weighted by atomic mass is 16.2. The van der Waals surface area contributed by atoms with Crippen molar-refractivity contribution >= 4 is 16.7 Å². The van der Waals surface area contributed by atoms with E-state index in [1.54, 1.807) is 0 Å². The predicted octanol–water partition coefficient (Wildman–Crippen LogP) is 2.65. The zero-order chi connectivity index (χ0) is 16.9. The molecule has 0 bridgehead atoms. The Morgan fingerprint density at radius 3 is 2.42 bits per heavy atom. The van der Waals surface area contributed by atoms with Gasteiger partial charge in [0.25, 0.3) is 0 Å². The summed E-state index contributed by atoms with van der Waals surface area (Å²) in [6.07, 6.45) is 0. The van der Waals surface area contributed by atoms with Crippen LogP contribution >= 0.6 is 0 Å². The van der Waals surface area contributed by atoms with E-state index in [0.29, 0.717) is 6.54 Å². The van der Waals surface area contributed by atoms with Gasteiger partial charge in [0.15, 0.2) is 0 Å². The normalized spacial score (nSPS) is 17.8. The van der Waals surface area contributed by atoms with Crippen LogP contribution in [0.3, 0.4) is 0 Å². The molecule has 1 aliphatic heterocycles. The minimum atomic E-state index is 0.0269. The van der Waals surface area contributed by atoms with Crippen molar-refractivity contribution in [3.63, 3.8) is 0 Å². The number of nitrogens with one attached hydrogen (secondary N) is 1. The number of rotatable bonds is 5. The number of hydrogen-bond donors (Lipinski definition) is 1. The Morgan fingerprint density at radius 2 is 1.71 bits per heavy atom. The summed E-state index contributed by atoms with van der Waals surface area (Å²) in [5.74, 6) is 0.112. The van der Waals surface area contributed by atoms with Gasteiger partial charge in [-0.1, -0.05) is 43.3 Å². The second-order valence-electron chi connectivity index (χ2n) is 6.61. The van der Waals surface area contributed by atoms with Crippen molar-refractivity contribution in [1.29, 1.82) is 0 Å². The molecule has 0 aliphatic carbocycles. The van der Waals surface area contributed by atoms with Crippen molar-refractivity contribution in [3.8, 4) is 0 Å². The van der Waals surface area contributed by atoms with Gasteiger partial charge >= 0.3 is 0 Å². The maximum absolute atomic E-state index is 12.3. The van der Waals surface area contributed by atoms with Crippen LogP contribution in [0.2, 0.25) is 0 Å². The highest BCUT2D eigenvalue weighted by Crippen LogP contribution is 2.20. The molecule has 1 saturated heterocycles. The van der Waals surface area contributed by atoms with E-state index in [0.717, 1.165) is 38.3 Å². The summed E-state index contributed by atoms with van der Waals surface area (Å²) in [5.41, 5.74) is 1.15. The lowest BCUT2D eigenvalue weighted by atomic mass is 10.0. The third-order valence-corrected chi connectivity index (χ3v) is 4.93. The zero-order valence-corrected chi connectivity index (χ0v) is 14.7. The third kappa shape index (κ3) is 4.13. The van der Waals surface area contributed by atoms with Crippen LogP contribution in [0.15, 0.2) is 42.5 Å². The number of piperazine rings is 1. The lowest BCUT2D eigenvalue weighted by molar-refractivity contribution is -0.123. The predicted molar refractivity (Wildman–Crippen MR) is 99.1 cm³/mol. The molecule has 2 aromatic rings. The summed E-state index contributed by atoms with van der Waals surface area (Å²) in [4.78, 5) is 17.0. The highest BCUT2D eigenvalue weighted by Gasteiger charge is 2.18. The largest absolute Gasteiger partial charge is 0.348 e. The van der Waals surface area contributed by atoms with Crippen molar-refractivity contribution in [1.82, 2.24) is 15.1 Å². The van der Waals surface area contributed by atoms with Crippen molar-refractivity contribution in [2.24, 2.45) is 0 Å². The van der Waals surface area contributed by atoms with Crippen LogP contribution in [0, 0.1) is 0 Å². The molecule has 0 spiro atoms. The first kappa shape index (κ1) is 16.9. The van der Waals surface area contributed by atoms with Crippen LogP contribution in [0.4, 0.5) is 0 Å². The highest BCUT2D eigenvalue weighted by molar-refractivity contribution is 5.83. The molecule has 4 heteroatoms.